The number of hydrogen-bond acceptors (Lipinski definition) is 5. The van der Waals surface area contributed by atoms with Crippen LogP contribution in [0, 0.1) is 0 Å². The normalized spacial score (nSPS) is 16.8. The Bertz CT molecular complexity index is 899. The molecule has 7 nitrogen and oxygen atoms in total. The largest absolute Gasteiger partial charge is 0.497 e. The molecule has 0 bridgehead atoms. The number of rotatable bonds is 7. The van der Waals surface area contributed by atoms with Crippen LogP contribution in [0.25, 0.3) is 0 Å². The molecule has 2 aliphatic rings. The van der Waals surface area contributed by atoms with E-state index < -0.39 is 0 Å². The molecule has 2 heterocycles. The van der Waals surface area contributed by atoms with Crippen molar-refractivity contribution in [2.24, 2.45) is 4.99 Å². The third-order valence-electron chi connectivity index (χ3n) is 6.12. The molecule has 1 fully saturated rings. The lowest BCUT2D eigenvalue weighted by Crippen LogP contribution is -2.48. The average Bonchev–Trinajstić information content (AvgIpc) is 3.30. The average molecular weight is 553 g/mol. The van der Waals surface area contributed by atoms with Gasteiger partial charge in [0.1, 0.15) is 5.75 Å². The molecule has 174 valence electrons. The minimum atomic E-state index is -0.0349. The minimum Gasteiger partial charge on any atom is -0.497 e. The minimum absolute atomic E-state index is 0. The predicted octanol–water partition coefficient (Wildman–Crippen LogP) is 3.50. The van der Waals surface area contributed by atoms with Crippen molar-refractivity contribution >= 4 is 29.9 Å². The first-order valence-corrected chi connectivity index (χ1v) is 10.8. The molecule has 0 atom stereocenters. The predicted molar refractivity (Wildman–Crippen MR) is 136 cm³/mol. The number of fused-ring (bicyclic) bond motifs is 1. The molecule has 0 amide bonds. The summed E-state index contributed by atoms with van der Waals surface area (Å²) in [5.74, 6) is 3.32. The van der Waals surface area contributed by atoms with Gasteiger partial charge in [-0.25, -0.2) is 0 Å². The molecule has 0 radical (unpaired) electrons. The molecule has 0 aromatic heterocycles. The number of nitrogens with one attached hydrogen (secondary N) is 2. The van der Waals surface area contributed by atoms with Crippen LogP contribution in [-0.4, -0.2) is 53.2 Å². The summed E-state index contributed by atoms with van der Waals surface area (Å²) in [5, 5.41) is 6.97. The van der Waals surface area contributed by atoms with E-state index in [0.717, 1.165) is 68.8 Å². The van der Waals surface area contributed by atoms with Crippen LogP contribution in [0.4, 0.5) is 0 Å². The van der Waals surface area contributed by atoms with E-state index in [4.69, 9.17) is 18.9 Å². The highest BCUT2D eigenvalue weighted by Crippen LogP contribution is 2.40. The summed E-state index contributed by atoms with van der Waals surface area (Å²) in [5.41, 5.74) is 2.47. The van der Waals surface area contributed by atoms with Crippen LogP contribution in [0.3, 0.4) is 0 Å². The number of hydrogen-bond donors (Lipinski definition) is 2. The number of nitrogens with zero attached hydrogens (tertiary/aromatic N) is 1. The second-order valence-electron chi connectivity index (χ2n) is 7.91. The van der Waals surface area contributed by atoms with E-state index in [1.807, 2.05) is 18.2 Å². The van der Waals surface area contributed by atoms with Crippen molar-refractivity contribution in [3.63, 3.8) is 0 Å². The molecule has 0 saturated carbocycles. The van der Waals surface area contributed by atoms with Gasteiger partial charge in [0.25, 0.3) is 0 Å². The standard InChI is InChI=1S/C24H31N3O4.HI/c1-25-23(26-12-9-18-3-6-20(28-2)7-4-18)27-16-24(10-13-29-14-11-24)19-5-8-21-22(15-19)31-17-30-21;/h3-8,15H,9-14,16-17H2,1-2H3,(H2,25,26,27);1H. The molecule has 0 spiro atoms. The van der Waals surface area contributed by atoms with Gasteiger partial charge in [-0.3, -0.25) is 4.99 Å². The van der Waals surface area contributed by atoms with Gasteiger partial charge in [0.05, 0.1) is 7.11 Å². The zero-order valence-corrected chi connectivity index (χ0v) is 21.0. The fourth-order valence-electron chi connectivity index (χ4n) is 4.15. The topological polar surface area (TPSA) is 73.3 Å². The fraction of sp³-hybridized carbons (Fsp3) is 0.458. The smallest absolute Gasteiger partial charge is 0.231 e. The quantitative estimate of drug-likeness (QED) is 0.311. The first-order valence-electron chi connectivity index (χ1n) is 10.8. The summed E-state index contributed by atoms with van der Waals surface area (Å²) in [6.45, 7) is 3.36. The van der Waals surface area contributed by atoms with E-state index in [0.29, 0.717) is 0 Å². The Morgan fingerprint density at radius 3 is 2.50 bits per heavy atom. The Balaban J connectivity index is 0.00000289. The Morgan fingerprint density at radius 2 is 1.78 bits per heavy atom. The number of aliphatic imine (C=N–C) groups is 1. The van der Waals surface area contributed by atoms with Gasteiger partial charge in [-0.2, -0.15) is 0 Å². The zero-order valence-electron chi connectivity index (χ0n) is 18.7. The number of guanidine groups is 1. The Morgan fingerprint density at radius 1 is 1.03 bits per heavy atom. The Kier molecular flexibility index (Phi) is 8.86. The molecular formula is C24H32IN3O4. The van der Waals surface area contributed by atoms with Crippen molar-refractivity contribution < 1.29 is 18.9 Å². The molecule has 1 saturated heterocycles. The maximum Gasteiger partial charge on any atom is 0.231 e. The first kappa shape index (κ1) is 24.4. The third-order valence-corrected chi connectivity index (χ3v) is 6.12. The van der Waals surface area contributed by atoms with Gasteiger partial charge >= 0.3 is 0 Å². The van der Waals surface area contributed by atoms with E-state index >= 15 is 0 Å². The van der Waals surface area contributed by atoms with Gasteiger partial charge < -0.3 is 29.6 Å². The van der Waals surface area contributed by atoms with Crippen molar-refractivity contribution in [1.29, 1.82) is 0 Å². The molecule has 2 aromatic carbocycles. The van der Waals surface area contributed by atoms with Crippen LogP contribution < -0.4 is 24.8 Å². The molecule has 4 rings (SSSR count). The van der Waals surface area contributed by atoms with Gasteiger partial charge in [-0.1, -0.05) is 18.2 Å². The monoisotopic (exact) mass is 553 g/mol. The van der Waals surface area contributed by atoms with Crippen molar-refractivity contribution in [3.05, 3.63) is 53.6 Å². The lowest BCUT2D eigenvalue weighted by atomic mass is 9.74. The van der Waals surface area contributed by atoms with E-state index in [1.165, 1.54) is 11.1 Å². The number of ether oxygens (including phenoxy) is 4. The van der Waals surface area contributed by atoms with Crippen molar-refractivity contribution in [2.75, 3.05) is 47.3 Å². The van der Waals surface area contributed by atoms with Crippen LogP contribution in [0.1, 0.15) is 24.0 Å². The van der Waals surface area contributed by atoms with E-state index in [1.54, 1.807) is 14.2 Å². The number of benzene rings is 2. The summed E-state index contributed by atoms with van der Waals surface area (Å²) < 4.78 is 22.0. The SMILES string of the molecule is CN=C(NCCc1ccc(OC)cc1)NCC1(c2ccc3c(c2)OCO3)CCOCC1.I. The Hall–Kier alpha value is -2.20. The van der Waals surface area contributed by atoms with Gasteiger partial charge in [0.2, 0.25) is 6.79 Å². The van der Waals surface area contributed by atoms with Crippen LogP contribution in [-0.2, 0) is 16.6 Å². The van der Waals surface area contributed by atoms with Gasteiger partial charge in [-0.15, -0.1) is 24.0 Å². The van der Waals surface area contributed by atoms with Crippen molar-refractivity contribution in [3.8, 4) is 17.2 Å². The Labute approximate surface area is 206 Å². The molecule has 32 heavy (non-hydrogen) atoms. The summed E-state index contributed by atoms with van der Waals surface area (Å²) in [7, 11) is 3.49. The second kappa shape index (κ2) is 11.6. The highest BCUT2D eigenvalue weighted by molar-refractivity contribution is 14.0. The summed E-state index contributed by atoms with van der Waals surface area (Å²) in [4.78, 5) is 4.41. The number of methoxy groups -OCH3 is 1. The van der Waals surface area contributed by atoms with Crippen LogP contribution >= 0.6 is 24.0 Å². The summed E-state index contributed by atoms with van der Waals surface area (Å²) >= 11 is 0. The lowest BCUT2D eigenvalue weighted by molar-refractivity contribution is 0.0513. The van der Waals surface area contributed by atoms with Crippen molar-refractivity contribution in [1.82, 2.24) is 10.6 Å². The maximum atomic E-state index is 5.66. The third kappa shape index (κ3) is 5.78. The molecule has 2 N–H and O–H groups in total. The van der Waals surface area contributed by atoms with Gasteiger partial charge in [0.15, 0.2) is 17.5 Å². The van der Waals surface area contributed by atoms with E-state index in [-0.39, 0.29) is 36.2 Å². The van der Waals surface area contributed by atoms with Gasteiger partial charge in [-0.05, 0) is 54.7 Å². The van der Waals surface area contributed by atoms with E-state index in [9.17, 15) is 0 Å². The van der Waals surface area contributed by atoms with Crippen LogP contribution in [0.2, 0.25) is 0 Å². The van der Waals surface area contributed by atoms with Crippen molar-refractivity contribution in [2.45, 2.75) is 24.7 Å². The molecule has 0 aliphatic carbocycles. The first-order chi connectivity index (χ1) is 15.2. The lowest BCUT2D eigenvalue weighted by Gasteiger charge is -2.38. The molecule has 2 aliphatic heterocycles. The number of halogens is 1. The van der Waals surface area contributed by atoms with Crippen LogP contribution in [0.15, 0.2) is 47.5 Å². The zero-order chi connectivity index (χ0) is 21.5. The highest BCUT2D eigenvalue weighted by atomic mass is 127. The maximum absolute atomic E-state index is 5.66. The van der Waals surface area contributed by atoms with Crippen LogP contribution in [0.5, 0.6) is 17.2 Å². The molecular weight excluding hydrogens is 521 g/mol. The molecule has 0 unspecified atom stereocenters. The highest BCUT2D eigenvalue weighted by Gasteiger charge is 2.35. The molecule has 8 heteroatoms. The molecule has 2 aromatic rings. The second-order valence-corrected chi connectivity index (χ2v) is 7.91. The van der Waals surface area contributed by atoms with E-state index in [2.05, 4.69) is 39.9 Å². The van der Waals surface area contributed by atoms with Gasteiger partial charge in [0, 0.05) is 38.8 Å². The summed E-state index contributed by atoms with van der Waals surface area (Å²) in [6, 6.07) is 14.4. The fourth-order valence-corrected chi connectivity index (χ4v) is 4.15. The summed E-state index contributed by atoms with van der Waals surface area (Å²) in [6.07, 6.45) is 2.80.